The maximum Gasteiger partial charge on any atom is 0.408 e. The van der Waals surface area contributed by atoms with E-state index in [-0.39, 0.29) is 6.61 Å². The van der Waals surface area contributed by atoms with E-state index in [0.717, 1.165) is 24.8 Å². The SMILES string of the molecule is O=C(NC1(C(=O)F)CCCCC1)OCc1ccccc1. The summed E-state index contributed by atoms with van der Waals surface area (Å²) in [4.78, 5) is 22.9. The Morgan fingerprint density at radius 3 is 2.40 bits per heavy atom. The van der Waals surface area contributed by atoms with Crippen LogP contribution in [0.15, 0.2) is 30.3 Å². The minimum Gasteiger partial charge on any atom is -0.445 e. The molecule has 0 saturated heterocycles. The first-order valence-corrected chi connectivity index (χ1v) is 6.81. The highest BCUT2D eigenvalue weighted by Crippen LogP contribution is 2.29. The van der Waals surface area contributed by atoms with Crippen molar-refractivity contribution in [3.63, 3.8) is 0 Å². The molecule has 1 aromatic carbocycles. The van der Waals surface area contributed by atoms with Gasteiger partial charge in [-0.15, -0.1) is 0 Å². The molecule has 2 rings (SSSR count). The summed E-state index contributed by atoms with van der Waals surface area (Å²) >= 11 is 0. The predicted octanol–water partition coefficient (Wildman–Crippen LogP) is 3.11. The molecule has 0 aromatic heterocycles. The molecule has 20 heavy (non-hydrogen) atoms. The van der Waals surface area contributed by atoms with Crippen LogP contribution in [0.3, 0.4) is 0 Å². The molecular formula is C15H18FNO3. The first-order valence-electron chi connectivity index (χ1n) is 6.81. The fraction of sp³-hybridized carbons (Fsp3) is 0.467. The molecular weight excluding hydrogens is 261 g/mol. The molecule has 1 fully saturated rings. The number of nitrogens with one attached hydrogen (secondary N) is 1. The van der Waals surface area contributed by atoms with Gasteiger partial charge in [0.15, 0.2) is 0 Å². The summed E-state index contributed by atoms with van der Waals surface area (Å²) in [5, 5.41) is 2.42. The Hall–Kier alpha value is -1.91. The molecule has 4 nitrogen and oxygen atoms in total. The lowest BCUT2D eigenvalue weighted by Crippen LogP contribution is -2.54. The van der Waals surface area contributed by atoms with Gasteiger partial charge in [0.1, 0.15) is 12.1 Å². The second-order valence-electron chi connectivity index (χ2n) is 5.10. The van der Waals surface area contributed by atoms with Crippen molar-refractivity contribution < 1.29 is 18.7 Å². The van der Waals surface area contributed by atoms with Gasteiger partial charge in [-0.25, -0.2) is 4.79 Å². The van der Waals surface area contributed by atoms with Gasteiger partial charge >= 0.3 is 12.1 Å². The summed E-state index contributed by atoms with van der Waals surface area (Å²) in [5.41, 5.74) is -0.543. The Kier molecular flexibility index (Phi) is 4.71. The number of halogens is 1. The van der Waals surface area contributed by atoms with Crippen molar-refractivity contribution in [3.8, 4) is 0 Å². The summed E-state index contributed by atoms with van der Waals surface area (Å²) in [6, 6.07) is 7.71. The van der Waals surface area contributed by atoms with Gasteiger partial charge in [0, 0.05) is 0 Å². The van der Waals surface area contributed by atoms with Gasteiger partial charge in [-0.3, -0.25) is 4.79 Å². The number of benzene rings is 1. The summed E-state index contributed by atoms with van der Waals surface area (Å²) in [5.74, 6) is 0. The molecule has 0 heterocycles. The van der Waals surface area contributed by atoms with Gasteiger partial charge in [-0.2, -0.15) is 4.39 Å². The molecule has 0 spiro atoms. The third-order valence-corrected chi connectivity index (χ3v) is 3.64. The minimum atomic E-state index is -1.48. The summed E-state index contributed by atoms with van der Waals surface area (Å²) in [7, 11) is 0. The van der Waals surface area contributed by atoms with Gasteiger partial charge in [0.2, 0.25) is 0 Å². The van der Waals surface area contributed by atoms with Crippen LogP contribution in [0.1, 0.15) is 37.7 Å². The number of carbonyl (C=O) groups excluding carboxylic acids is 2. The van der Waals surface area contributed by atoms with Crippen LogP contribution in [0.25, 0.3) is 0 Å². The Morgan fingerprint density at radius 1 is 1.15 bits per heavy atom. The van der Waals surface area contributed by atoms with E-state index in [1.165, 1.54) is 0 Å². The number of rotatable bonds is 4. The summed E-state index contributed by atoms with van der Waals surface area (Å²) in [6.45, 7) is 0.100. The van der Waals surface area contributed by atoms with Gasteiger partial charge in [0.05, 0.1) is 0 Å². The summed E-state index contributed by atoms with van der Waals surface area (Å²) in [6.07, 6.45) is 2.34. The van der Waals surface area contributed by atoms with E-state index in [9.17, 15) is 14.0 Å². The Bertz CT molecular complexity index is 469. The van der Waals surface area contributed by atoms with Crippen molar-refractivity contribution in [2.24, 2.45) is 0 Å². The molecule has 108 valence electrons. The molecule has 0 bridgehead atoms. The smallest absolute Gasteiger partial charge is 0.408 e. The third kappa shape index (κ3) is 3.56. The van der Waals surface area contributed by atoms with Crippen molar-refractivity contribution in [1.82, 2.24) is 5.32 Å². The van der Waals surface area contributed by atoms with Crippen molar-refractivity contribution in [2.75, 3.05) is 0 Å². The number of ether oxygens (including phenoxy) is 1. The molecule has 0 radical (unpaired) electrons. The number of hydrogen-bond donors (Lipinski definition) is 1. The quantitative estimate of drug-likeness (QED) is 0.862. The van der Waals surface area contributed by atoms with Crippen molar-refractivity contribution in [1.29, 1.82) is 0 Å². The Morgan fingerprint density at radius 2 is 1.80 bits per heavy atom. The van der Waals surface area contributed by atoms with E-state index in [2.05, 4.69) is 5.32 Å². The zero-order valence-electron chi connectivity index (χ0n) is 11.2. The monoisotopic (exact) mass is 279 g/mol. The van der Waals surface area contributed by atoms with E-state index in [1.807, 2.05) is 30.3 Å². The zero-order valence-corrected chi connectivity index (χ0v) is 11.2. The molecule has 1 aromatic rings. The molecule has 0 aliphatic heterocycles. The van der Waals surface area contributed by atoms with Crippen LogP contribution in [0.5, 0.6) is 0 Å². The molecule has 1 aliphatic carbocycles. The van der Waals surface area contributed by atoms with E-state index in [1.54, 1.807) is 0 Å². The molecule has 1 saturated carbocycles. The largest absolute Gasteiger partial charge is 0.445 e. The van der Waals surface area contributed by atoms with E-state index in [0.29, 0.717) is 12.8 Å². The molecule has 1 amide bonds. The third-order valence-electron chi connectivity index (χ3n) is 3.64. The fourth-order valence-corrected chi connectivity index (χ4v) is 2.48. The lowest BCUT2D eigenvalue weighted by molar-refractivity contribution is -0.137. The summed E-state index contributed by atoms with van der Waals surface area (Å²) < 4.78 is 18.3. The highest BCUT2D eigenvalue weighted by Gasteiger charge is 2.41. The Labute approximate surface area is 117 Å². The number of hydrogen-bond acceptors (Lipinski definition) is 3. The highest BCUT2D eigenvalue weighted by molar-refractivity contribution is 5.85. The molecule has 0 atom stereocenters. The van der Waals surface area contributed by atoms with E-state index < -0.39 is 17.7 Å². The predicted molar refractivity (Wildman–Crippen MR) is 71.7 cm³/mol. The molecule has 1 N–H and O–H groups in total. The average Bonchev–Trinajstić information content (AvgIpc) is 2.47. The second-order valence-corrected chi connectivity index (χ2v) is 5.10. The van der Waals surface area contributed by atoms with Gasteiger partial charge in [0.25, 0.3) is 0 Å². The van der Waals surface area contributed by atoms with E-state index >= 15 is 0 Å². The van der Waals surface area contributed by atoms with Crippen LogP contribution >= 0.6 is 0 Å². The molecule has 5 heteroatoms. The maximum absolute atomic E-state index is 13.3. The van der Waals surface area contributed by atoms with Crippen LogP contribution in [0.4, 0.5) is 9.18 Å². The maximum atomic E-state index is 13.3. The van der Waals surface area contributed by atoms with Crippen molar-refractivity contribution in [2.45, 2.75) is 44.2 Å². The van der Waals surface area contributed by atoms with Gasteiger partial charge < -0.3 is 10.1 Å². The van der Waals surface area contributed by atoms with Crippen LogP contribution in [-0.4, -0.2) is 17.7 Å². The zero-order chi connectivity index (χ0) is 14.4. The number of amides is 1. The lowest BCUT2D eigenvalue weighted by Gasteiger charge is -2.33. The van der Waals surface area contributed by atoms with Crippen LogP contribution in [0, 0.1) is 0 Å². The van der Waals surface area contributed by atoms with Crippen molar-refractivity contribution in [3.05, 3.63) is 35.9 Å². The first-order chi connectivity index (χ1) is 9.62. The van der Waals surface area contributed by atoms with Crippen LogP contribution in [0.2, 0.25) is 0 Å². The lowest BCUT2D eigenvalue weighted by atomic mass is 9.82. The highest BCUT2D eigenvalue weighted by atomic mass is 19.1. The van der Waals surface area contributed by atoms with Crippen molar-refractivity contribution >= 4 is 12.1 Å². The van der Waals surface area contributed by atoms with Gasteiger partial charge in [-0.05, 0) is 18.4 Å². The Balaban J connectivity index is 1.90. The molecule has 0 unspecified atom stereocenters. The number of alkyl carbamates (subject to hydrolysis) is 1. The average molecular weight is 279 g/mol. The van der Waals surface area contributed by atoms with E-state index in [4.69, 9.17) is 4.74 Å². The van der Waals surface area contributed by atoms with Crippen LogP contribution in [-0.2, 0) is 16.1 Å². The van der Waals surface area contributed by atoms with Gasteiger partial charge in [-0.1, -0.05) is 49.6 Å². The first kappa shape index (κ1) is 14.5. The topological polar surface area (TPSA) is 55.4 Å². The normalized spacial score (nSPS) is 17.2. The minimum absolute atomic E-state index is 0.100. The standard InChI is InChI=1S/C15H18FNO3/c16-13(18)15(9-5-2-6-10-15)17-14(19)20-11-12-7-3-1-4-8-12/h1,3-4,7-8H,2,5-6,9-11H2,(H,17,19). The fourth-order valence-electron chi connectivity index (χ4n) is 2.48. The molecule has 1 aliphatic rings. The van der Waals surface area contributed by atoms with Crippen LogP contribution < -0.4 is 5.32 Å². The number of carbonyl (C=O) groups is 2. The second kappa shape index (κ2) is 6.50.